The predicted molar refractivity (Wildman–Crippen MR) is 112 cm³/mol. The molecule has 32 heavy (non-hydrogen) atoms. The van der Waals surface area contributed by atoms with E-state index < -0.39 is 55.5 Å². The fourth-order valence-corrected chi connectivity index (χ4v) is 3.16. The molecule has 0 aromatic carbocycles. The predicted octanol–water partition coefficient (Wildman–Crippen LogP) is -1.33. The average Bonchev–Trinajstić information content (AvgIpc) is 2.65. The number of hydrogen-bond donors (Lipinski definition) is 5. The number of rotatable bonds is 20. The van der Waals surface area contributed by atoms with Crippen LogP contribution in [0.1, 0.15) is 32.6 Å². The van der Waals surface area contributed by atoms with E-state index in [9.17, 15) is 34.2 Å². The first-order chi connectivity index (χ1) is 15.0. The second kappa shape index (κ2) is 15.9. The van der Waals surface area contributed by atoms with Crippen LogP contribution < -0.4 is 5.73 Å². The molecule has 13 heteroatoms. The smallest absolute Gasteiger partial charge is 0.321 e. The van der Waals surface area contributed by atoms with Gasteiger partial charge in [-0.25, -0.2) is 0 Å². The minimum atomic E-state index is -1.21. The minimum absolute atomic E-state index is 0.00857. The number of nitrogens with two attached hydrogens (primary N) is 1. The lowest BCUT2D eigenvalue weighted by atomic mass is 10.1. The summed E-state index contributed by atoms with van der Waals surface area (Å²) in [5.74, 6) is -5.54. The van der Waals surface area contributed by atoms with E-state index in [0.717, 1.165) is 17.7 Å². The van der Waals surface area contributed by atoms with Gasteiger partial charge in [-0.2, -0.15) is 0 Å². The molecule has 0 saturated carbocycles. The van der Waals surface area contributed by atoms with Gasteiger partial charge in [0.2, 0.25) is 5.91 Å². The zero-order valence-corrected chi connectivity index (χ0v) is 18.3. The summed E-state index contributed by atoms with van der Waals surface area (Å²) < 4.78 is 0. The number of unbranched alkanes of at least 4 members (excludes halogenated alkanes) is 2. The number of aliphatic carboxylic acids is 4. The van der Waals surface area contributed by atoms with Gasteiger partial charge >= 0.3 is 23.9 Å². The van der Waals surface area contributed by atoms with Crippen LogP contribution in [0.25, 0.3) is 0 Å². The molecule has 0 aromatic rings. The zero-order valence-electron chi connectivity index (χ0n) is 18.3. The van der Waals surface area contributed by atoms with Gasteiger partial charge < -0.3 is 26.2 Å². The van der Waals surface area contributed by atoms with Crippen molar-refractivity contribution in [3.05, 3.63) is 0 Å². The van der Waals surface area contributed by atoms with Crippen molar-refractivity contribution < 1.29 is 44.4 Å². The van der Waals surface area contributed by atoms with Crippen molar-refractivity contribution in [1.82, 2.24) is 14.7 Å². The van der Waals surface area contributed by atoms with E-state index in [2.05, 4.69) is 0 Å². The lowest BCUT2D eigenvalue weighted by molar-refractivity contribution is -0.146. The van der Waals surface area contributed by atoms with Crippen LogP contribution in [0.15, 0.2) is 0 Å². The van der Waals surface area contributed by atoms with Gasteiger partial charge in [0.15, 0.2) is 0 Å². The van der Waals surface area contributed by atoms with Crippen LogP contribution in [0.5, 0.6) is 0 Å². The van der Waals surface area contributed by atoms with E-state index in [1.54, 1.807) is 4.90 Å². The summed E-state index contributed by atoms with van der Waals surface area (Å²) in [6.07, 6.45) is 2.04. The van der Waals surface area contributed by atoms with Crippen molar-refractivity contribution in [2.24, 2.45) is 5.73 Å². The molecule has 0 heterocycles. The summed E-state index contributed by atoms with van der Waals surface area (Å²) in [5.41, 5.74) is 5.19. The summed E-state index contributed by atoms with van der Waals surface area (Å²) in [5, 5.41) is 36.6. The number of primary amides is 1. The average molecular weight is 463 g/mol. The van der Waals surface area contributed by atoms with Crippen LogP contribution in [0, 0.1) is 0 Å². The Labute approximate surface area is 186 Å². The Balaban J connectivity index is 5.27. The van der Waals surface area contributed by atoms with E-state index in [1.807, 2.05) is 6.92 Å². The molecule has 0 bridgehead atoms. The monoisotopic (exact) mass is 462 g/mol. The van der Waals surface area contributed by atoms with Gasteiger partial charge in [0, 0.05) is 26.2 Å². The van der Waals surface area contributed by atoms with Gasteiger partial charge in [0.25, 0.3) is 0 Å². The third kappa shape index (κ3) is 14.3. The number of carboxylic acid groups (broad SMARTS) is 4. The van der Waals surface area contributed by atoms with Crippen molar-refractivity contribution in [2.75, 3.05) is 52.4 Å². The normalized spacial score (nSPS) is 12.2. The first-order valence-corrected chi connectivity index (χ1v) is 10.3. The van der Waals surface area contributed by atoms with Gasteiger partial charge in [-0.05, 0) is 13.0 Å². The Morgan fingerprint density at radius 1 is 0.719 bits per heavy atom. The first kappa shape index (κ1) is 29.2. The molecule has 13 nitrogen and oxygen atoms in total. The number of nitrogens with zero attached hydrogens (tertiary/aromatic N) is 3. The molecule has 6 N–H and O–H groups in total. The Hall–Kier alpha value is -2.77. The maximum absolute atomic E-state index is 11.7. The Bertz CT molecular complexity index is 628. The highest BCUT2D eigenvalue weighted by molar-refractivity contribution is 5.83. The second-order valence-electron chi connectivity index (χ2n) is 7.44. The highest BCUT2D eigenvalue weighted by Crippen LogP contribution is 2.09. The van der Waals surface area contributed by atoms with Crippen LogP contribution in [-0.2, 0) is 24.0 Å². The minimum Gasteiger partial charge on any atom is -0.480 e. The zero-order chi connectivity index (χ0) is 24.7. The quantitative estimate of drug-likeness (QED) is 0.134. The lowest BCUT2D eigenvalue weighted by Gasteiger charge is -2.31. The number of amides is 1. The summed E-state index contributed by atoms with van der Waals surface area (Å²) in [6, 6.07) is -1.15. The molecule has 0 aliphatic carbocycles. The van der Waals surface area contributed by atoms with Gasteiger partial charge in [0.05, 0.1) is 26.1 Å². The third-order valence-electron chi connectivity index (χ3n) is 4.68. The lowest BCUT2D eigenvalue weighted by Crippen LogP contribution is -2.49. The molecule has 0 saturated heterocycles. The SMILES string of the molecule is CCCCCN(CCN(CCN(CC(=O)O)CC(=O)O)CC(=O)O)C(CC(N)=O)C(=O)O. The molecule has 0 aliphatic rings. The summed E-state index contributed by atoms with van der Waals surface area (Å²) in [4.78, 5) is 60.3. The fourth-order valence-electron chi connectivity index (χ4n) is 3.16. The van der Waals surface area contributed by atoms with Gasteiger partial charge in [0.1, 0.15) is 6.04 Å². The van der Waals surface area contributed by atoms with Crippen LogP contribution in [0.4, 0.5) is 0 Å². The van der Waals surface area contributed by atoms with Crippen molar-refractivity contribution >= 4 is 29.8 Å². The van der Waals surface area contributed by atoms with Crippen LogP contribution in [0.2, 0.25) is 0 Å². The third-order valence-corrected chi connectivity index (χ3v) is 4.68. The Morgan fingerprint density at radius 3 is 1.62 bits per heavy atom. The number of carboxylic acids is 4. The molecular formula is C19H34N4O9. The van der Waals surface area contributed by atoms with Crippen molar-refractivity contribution in [3.8, 4) is 0 Å². The van der Waals surface area contributed by atoms with Crippen molar-refractivity contribution in [3.63, 3.8) is 0 Å². The molecule has 0 aromatic heterocycles. The second-order valence-corrected chi connectivity index (χ2v) is 7.44. The number of carbonyl (C=O) groups excluding carboxylic acids is 1. The van der Waals surface area contributed by atoms with Crippen molar-refractivity contribution in [1.29, 1.82) is 0 Å². The van der Waals surface area contributed by atoms with Gasteiger partial charge in [-0.3, -0.25) is 38.7 Å². The van der Waals surface area contributed by atoms with E-state index >= 15 is 0 Å². The largest absolute Gasteiger partial charge is 0.480 e. The van der Waals surface area contributed by atoms with Crippen molar-refractivity contribution in [2.45, 2.75) is 38.6 Å². The maximum Gasteiger partial charge on any atom is 0.321 e. The number of carbonyl (C=O) groups is 5. The molecule has 1 amide bonds. The van der Waals surface area contributed by atoms with E-state index in [4.69, 9.17) is 15.9 Å². The first-order valence-electron chi connectivity index (χ1n) is 10.3. The Morgan fingerprint density at radius 2 is 1.19 bits per heavy atom. The summed E-state index contributed by atoms with van der Waals surface area (Å²) in [6.45, 7) is 1.24. The van der Waals surface area contributed by atoms with E-state index in [-0.39, 0.29) is 32.6 Å². The highest BCUT2D eigenvalue weighted by Gasteiger charge is 2.27. The molecule has 1 unspecified atom stereocenters. The summed E-state index contributed by atoms with van der Waals surface area (Å²) in [7, 11) is 0. The van der Waals surface area contributed by atoms with Crippen LogP contribution in [-0.4, -0.2) is 123 Å². The van der Waals surface area contributed by atoms with Gasteiger partial charge in [-0.1, -0.05) is 19.8 Å². The molecule has 0 spiro atoms. The molecule has 0 radical (unpaired) electrons. The standard InChI is InChI=1S/C19H34N4O9/c1-2-3-4-5-23(14(19(31)32)10-15(20)24)9-8-21(11-16(25)26)6-7-22(12-17(27)28)13-18(29)30/h14H,2-13H2,1H3,(H2,20,24)(H,25,26)(H,27,28)(H,29,30)(H,31,32). The van der Waals surface area contributed by atoms with Gasteiger partial charge in [-0.15, -0.1) is 0 Å². The Kier molecular flexibility index (Phi) is 14.6. The molecule has 184 valence electrons. The molecule has 1 atom stereocenters. The van der Waals surface area contributed by atoms with E-state index in [1.165, 1.54) is 4.90 Å². The van der Waals surface area contributed by atoms with E-state index in [0.29, 0.717) is 13.0 Å². The molecule has 0 aliphatic heterocycles. The molecule has 0 fully saturated rings. The number of hydrogen-bond acceptors (Lipinski definition) is 8. The molecule has 0 rings (SSSR count). The summed E-state index contributed by atoms with van der Waals surface area (Å²) >= 11 is 0. The molecular weight excluding hydrogens is 428 g/mol. The van der Waals surface area contributed by atoms with Crippen LogP contribution >= 0.6 is 0 Å². The van der Waals surface area contributed by atoms with Crippen LogP contribution in [0.3, 0.4) is 0 Å². The maximum atomic E-state index is 11.7. The topological polar surface area (TPSA) is 202 Å². The fraction of sp³-hybridized carbons (Fsp3) is 0.737. The highest BCUT2D eigenvalue weighted by atomic mass is 16.4.